The van der Waals surface area contributed by atoms with E-state index in [1.807, 2.05) is 45.2 Å². The van der Waals surface area contributed by atoms with Crippen molar-refractivity contribution in [2.45, 2.75) is 13.8 Å². The van der Waals surface area contributed by atoms with Gasteiger partial charge >= 0.3 is 0 Å². The molecule has 1 aromatic heterocycles. The lowest BCUT2D eigenvalue weighted by Gasteiger charge is -2.12. The lowest BCUT2D eigenvalue weighted by atomic mass is 10.1. The molecule has 0 atom stereocenters. The van der Waals surface area contributed by atoms with E-state index >= 15 is 0 Å². The molecule has 94 valence electrons. The first-order valence-corrected chi connectivity index (χ1v) is 6.06. The third-order valence-electron chi connectivity index (χ3n) is 2.71. The first kappa shape index (κ1) is 12.6. The van der Waals surface area contributed by atoms with Crippen LogP contribution >= 0.6 is 12.2 Å². The fraction of sp³-hybridized carbons (Fsp3) is 0.231. The number of nitrogens with zero attached hydrogens (tertiary/aromatic N) is 2. The quantitative estimate of drug-likeness (QED) is 0.832. The number of nitrogens with two attached hydrogens (primary N) is 1. The van der Waals surface area contributed by atoms with Gasteiger partial charge in [0.1, 0.15) is 10.8 Å². The molecule has 2 aromatic rings. The van der Waals surface area contributed by atoms with Crippen molar-refractivity contribution in [3.63, 3.8) is 0 Å². The molecule has 5 heteroatoms. The summed E-state index contributed by atoms with van der Waals surface area (Å²) < 4.78 is 1.79. The van der Waals surface area contributed by atoms with Gasteiger partial charge in [-0.15, -0.1) is 0 Å². The minimum absolute atomic E-state index is 0.386. The molecule has 0 saturated carbocycles. The fourth-order valence-electron chi connectivity index (χ4n) is 1.84. The minimum atomic E-state index is 0.386. The Hall–Kier alpha value is -1.88. The Kier molecular flexibility index (Phi) is 3.34. The smallest absolute Gasteiger partial charge is 0.128 e. The van der Waals surface area contributed by atoms with Crippen LogP contribution in [0.1, 0.15) is 16.8 Å². The van der Waals surface area contributed by atoms with Gasteiger partial charge in [-0.05, 0) is 31.5 Å². The van der Waals surface area contributed by atoms with Gasteiger partial charge in [-0.2, -0.15) is 5.10 Å². The van der Waals surface area contributed by atoms with Crippen molar-refractivity contribution in [2.24, 2.45) is 12.8 Å². The van der Waals surface area contributed by atoms with Gasteiger partial charge in [0.15, 0.2) is 0 Å². The molecular formula is C13H16N4S. The maximum absolute atomic E-state index is 5.73. The number of thiocarbonyl (C=S) groups is 1. The van der Waals surface area contributed by atoms with Crippen molar-refractivity contribution in [2.75, 3.05) is 5.32 Å². The highest BCUT2D eigenvalue weighted by molar-refractivity contribution is 7.80. The Morgan fingerprint density at radius 3 is 2.61 bits per heavy atom. The van der Waals surface area contributed by atoms with Crippen molar-refractivity contribution >= 4 is 28.7 Å². The number of nitrogens with one attached hydrogen (secondary N) is 1. The second-order valence-electron chi connectivity index (χ2n) is 4.33. The van der Waals surface area contributed by atoms with E-state index in [-0.39, 0.29) is 0 Å². The topological polar surface area (TPSA) is 55.9 Å². The van der Waals surface area contributed by atoms with Gasteiger partial charge in [-0.25, -0.2) is 0 Å². The van der Waals surface area contributed by atoms with Crippen molar-refractivity contribution in [1.29, 1.82) is 0 Å². The summed E-state index contributed by atoms with van der Waals surface area (Å²) in [6.07, 6.45) is 0. The molecule has 0 fully saturated rings. The average molecular weight is 260 g/mol. The highest BCUT2D eigenvalue weighted by Crippen LogP contribution is 2.22. The monoisotopic (exact) mass is 260 g/mol. The van der Waals surface area contributed by atoms with E-state index in [2.05, 4.69) is 10.4 Å². The van der Waals surface area contributed by atoms with Crippen molar-refractivity contribution in [3.05, 3.63) is 41.1 Å². The van der Waals surface area contributed by atoms with E-state index < -0.39 is 0 Å². The molecule has 0 aliphatic carbocycles. The number of aromatic nitrogens is 2. The molecule has 0 amide bonds. The highest BCUT2D eigenvalue weighted by atomic mass is 32.1. The zero-order valence-corrected chi connectivity index (χ0v) is 11.5. The van der Waals surface area contributed by atoms with Crippen molar-refractivity contribution in [1.82, 2.24) is 9.78 Å². The van der Waals surface area contributed by atoms with Crippen molar-refractivity contribution < 1.29 is 0 Å². The van der Waals surface area contributed by atoms with Crippen LogP contribution in [0.3, 0.4) is 0 Å². The van der Waals surface area contributed by atoms with Crippen LogP contribution in [0.15, 0.2) is 24.3 Å². The predicted octanol–water partition coefficient (Wildman–Crippen LogP) is 2.41. The van der Waals surface area contributed by atoms with Crippen LogP contribution in [0, 0.1) is 13.8 Å². The summed E-state index contributed by atoms with van der Waals surface area (Å²) in [7, 11) is 1.89. The van der Waals surface area contributed by atoms with Crippen LogP contribution in [0.5, 0.6) is 0 Å². The second kappa shape index (κ2) is 4.78. The number of rotatable bonds is 3. The standard InChI is InChI=1S/C13H16N4S/c1-8-4-5-10(13(14)18)11(6-8)15-12-7-9(2)16-17(12)3/h4-7,15H,1-3H3,(H2,14,18). The Morgan fingerprint density at radius 1 is 1.33 bits per heavy atom. The largest absolute Gasteiger partial charge is 0.389 e. The molecule has 18 heavy (non-hydrogen) atoms. The summed E-state index contributed by atoms with van der Waals surface area (Å²) in [4.78, 5) is 0.386. The molecule has 1 heterocycles. The molecule has 0 unspecified atom stereocenters. The number of aryl methyl sites for hydroxylation is 3. The van der Waals surface area contributed by atoms with Gasteiger partial charge < -0.3 is 11.1 Å². The lowest BCUT2D eigenvalue weighted by molar-refractivity contribution is 0.765. The Morgan fingerprint density at radius 2 is 2.06 bits per heavy atom. The van der Waals surface area contributed by atoms with E-state index in [9.17, 15) is 0 Å². The molecular weight excluding hydrogens is 244 g/mol. The Labute approximate surface area is 112 Å². The molecule has 0 aliphatic rings. The first-order valence-electron chi connectivity index (χ1n) is 5.65. The normalized spacial score (nSPS) is 10.4. The number of hydrogen-bond donors (Lipinski definition) is 2. The Bertz CT molecular complexity index is 601. The maximum atomic E-state index is 5.73. The summed E-state index contributed by atoms with van der Waals surface area (Å²) in [6, 6.07) is 7.93. The molecule has 0 aliphatic heterocycles. The van der Waals surface area contributed by atoms with Crippen LogP contribution < -0.4 is 11.1 Å². The molecule has 0 bridgehead atoms. The molecule has 1 aromatic carbocycles. The molecule has 0 saturated heterocycles. The predicted molar refractivity (Wildman–Crippen MR) is 78.3 cm³/mol. The highest BCUT2D eigenvalue weighted by Gasteiger charge is 2.08. The summed E-state index contributed by atoms with van der Waals surface area (Å²) >= 11 is 5.06. The van der Waals surface area contributed by atoms with Gasteiger partial charge in [-0.3, -0.25) is 4.68 Å². The second-order valence-corrected chi connectivity index (χ2v) is 4.77. The average Bonchev–Trinajstić information content (AvgIpc) is 2.57. The first-order chi connectivity index (χ1) is 8.47. The van der Waals surface area contributed by atoms with E-state index in [0.717, 1.165) is 28.3 Å². The summed E-state index contributed by atoms with van der Waals surface area (Å²) in [5, 5.41) is 7.61. The summed E-state index contributed by atoms with van der Waals surface area (Å²) in [6.45, 7) is 3.99. The fourth-order valence-corrected chi connectivity index (χ4v) is 2.02. The molecule has 0 spiro atoms. The third-order valence-corrected chi connectivity index (χ3v) is 2.93. The van der Waals surface area contributed by atoms with Gasteiger partial charge in [0.05, 0.1) is 11.4 Å². The third kappa shape index (κ3) is 2.51. The number of anilines is 2. The van der Waals surface area contributed by atoms with Crippen molar-refractivity contribution in [3.8, 4) is 0 Å². The molecule has 4 nitrogen and oxygen atoms in total. The van der Waals surface area contributed by atoms with E-state index in [4.69, 9.17) is 18.0 Å². The maximum Gasteiger partial charge on any atom is 0.128 e. The molecule has 0 radical (unpaired) electrons. The number of benzene rings is 1. The Balaban J connectivity index is 2.42. The van der Waals surface area contributed by atoms with Crippen LogP contribution in [-0.2, 0) is 7.05 Å². The van der Waals surface area contributed by atoms with Gasteiger partial charge in [-0.1, -0.05) is 18.3 Å². The number of hydrogen-bond acceptors (Lipinski definition) is 3. The summed E-state index contributed by atoms with van der Waals surface area (Å²) in [5.74, 6) is 0.913. The summed E-state index contributed by atoms with van der Waals surface area (Å²) in [5.41, 5.74) is 9.59. The van der Waals surface area contributed by atoms with E-state index in [1.54, 1.807) is 4.68 Å². The SMILES string of the molecule is Cc1ccc(C(N)=S)c(Nc2cc(C)nn2C)c1. The zero-order valence-electron chi connectivity index (χ0n) is 10.7. The van der Waals surface area contributed by atoms with Crippen LogP contribution in [-0.4, -0.2) is 14.8 Å². The lowest BCUT2D eigenvalue weighted by Crippen LogP contribution is -2.12. The van der Waals surface area contributed by atoms with Crippen LogP contribution in [0.25, 0.3) is 0 Å². The molecule has 3 N–H and O–H groups in total. The van der Waals surface area contributed by atoms with Gasteiger partial charge in [0, 0.05) is 18.7 Å². The van der Waals surface area contributed by atoms with E-state index in [0.29, 0.717) is 4.99 Å². The van der Waals surface area contributed by atoms with Gasteiger partial charge in [0.25, 0.3) is 0 Å². The van der Waals surface area contributed by atoms with Crippen LogP contribution in [0.2, 0.25) is 0 Å². The molecule has 2 rings (SSSR count). The van der Waals surface area contributed by atoms with Crippen LogP contribution in [0.4, 0.5) is 11.5 Å². The van der Waals surface area contributed by atoms with Gasteiger partial charge in [0.2, 0.25) is 0 Å². The van der Waals surface area contributed by atoms with E-state index in [1.165, 1.54) is 0 Å². The minimum Gasteiger partial charge on any atom is -0.389 e. The zero-order chi connectivity index (χ0) is 13.3.